The summed E-state index contributed by atoms with van der Waals surface area (Å²) in [6, 6.07) is 11.7. The van der Waals surface area contributed by atoms with E-state index in [1.54, 1.807) is 20.1 Å². The molecular weight excluding hydrogens is 319 g/mol. The van der Waals surface area contributed by atoms with Gasteiger partial charge >= 0.3 is 0 Å². The van der Waals surface area contributed by atoms with E-state index in [9.17, 15) is 10.2 Å². The number of aliphatic hydroxyl groups is 1. The zero-order valence-electron chi connectivity index (χ0n) is 15.1. The molecule has 0 radical (unpaired) electrons. The van der Waals surface area contributed by atoms with Crippen molar-refractivity contribution in [3.8, 4) is 11.5 Å². The summed E-state index contributed by atoms with van der Waals surface area (Å²) in [6.07, 6.45) is 0.368. The summed E-state index contributed by atoms with van der Waals surface area (Å²) in [4.78, 5) is 0. The highest BCUT2D eigenvalue weighted by atomic mass is 31.1. The highest BCUT2D eigenvalue weighted by Gasteiger charge is 2.31. The Balaban J connectivity index is 2.54. The Bertz CT molecular complexity index is 712. The Morgan fingerprint density at radius 1 is 1.21 bits per heavy atom. The summed E-state index contributed by atoms with van der Waals surface area (Å²) >= 11 is 0. The molecule has 0 spiro atoms. The van der Waals surface area contributed by atoms with Crippen LogP contribution in [0.1, 0.15) is 50.0 Å². The Hall–Kier alpha value is -1.57. The van der Waals surface area contributed by atoms with E-state index >= 15 is 0 Å². The van der Waals surface area contributed by atoms with Crippen LogP contribution < -0.4 is 10.0 Å². The minimum atomic E-state index is -0.507. The van der Waals surface area contributed by atoms with E-state index in [1.165, 1.54) is 10.9 Å². The predicted molar refractivity (Wildman–Crippen MR) is 102 cm³/mol. The number of phenols is 1. The van der Waals surface area contributed by atoms with Crippen LogP contribution in [0.25, 0.3) is 0 Å². The molecule has 0 bridgehead atoms. The number of phenolic OH excluding ortho intramolecular Hbond substituents is 1. The monoisotopic (exact) mass is 346 g/mol. The third kappa shape index (κ3) is 3.58. The van der Waals surface area contributed by atoms with Crippen LogP contribution in [-0.4, -0.2) is 17.3 Å². The first-order chi connectivity index (χ1) is 11.3. The maximum atomic E-state index is 10.6. The Morgan fingerprint density at radius 3 is 2.46 bits per heavy atom. The normalized spacial score (nSPS) is 15.4. The van der Waals surface area contributed by atoms with Crippen molar-refractivity contribution in [2.75, 3.05) is 7.11 Å². The molecule has 2 aromatic carbocycles. The first-order valence-electron chi connectivity index (χ1n) is 8.26. The van der Waals surface area contributed by atoms with Crippen LogP contribution in [-0.2, 0) is 5.16 Å². The molecule has 0 heterocycles. The van der Waals surface area contributed by atoms with Crippen molar-refractivity contribution in [1.29, 1.82) is 0 Å². The van der Waals surface area contributed by atoms with E-state index < -0.39 is 6.10 Å². The van der Waals surface area contributed by atoms with Gasteiger partial charge in [0.15, 0.2) is 11.5 Å². The summed E-state index contributed by atoms with van der Waals surface area (Å²) in [5.41, 5.74) is 3.03. The summed E-state index contributed by atoms with van der Waals surface area (Å²) in [5, 5.41) is 21.7. The number of aromatic hydroxyl groups is 1. The van der Waals surface area contributed by atoms with Crippen LogP contribution in [0.5, 0.6) is 11.5 Å². The Morgan fingerprint density at radius 2 is 1.88 bits per heavy atom. The SMILES string of the molecule is CCC(C)(Pc1c(C)cccc1C(C)O)c1cccc(OC)c1O. The van der Waals surface area contributed by atoms with E-state index in [-0.39, 0.29) is 10.9 Å². The van der Waals surface area contributed by atoms with Crippen molar-refractivity contribution in [2.45, 2.75) is 45.4 Å². The lowest BCUT2D eigenvalue weighted by molar-refractivity contribution is 0.200. The van der Waals surface area contributed by atoms with Crippen LogP contribution in [0.3, 0.4) is 0 Å². The van der Waals surface area contributed by atoms with Gasteiger partial charge in [-0.25, -0.2) is 0 Å². The van der Waals surface area contributed by atoms with E-state index in [0.717, 1.165) is 17.5 Å². The van der Waals surface area contributed by atoms with E-state index in [1.807, 2.05) is 24.3 Å². The number of aryl methyl sites for hydroxylation is 1. The summed E-state index contributed by atoms with van der Waals surface area (Å²) in [5.74, 6) is 0.710. The molecule has 3 nitrogen and oxygen atoms in total. The quantitative estimate of drug-likeness (QED) is 0.763. The first-order valence-corrected chi connectivity index (χ1v) is 9.26. The van der Waals surface area contributed by atoms with Crippen molar-refractivity contribution in [3.05, 3.63) is 53.1 Å². The maximum Gasteiger partial charge on any atom is 0.161 e. The molecule has 4 heteroatoms. The van der Waals surface area contributed by atoms with Crippen LogP contribution in [0.4, 0.5) is 0 Å². The molecule has 0 fully saturated rings. The van der Waals surface area contributed by atoms with Gasteiger partial charge in [-0.1, -0.05) is 52.8 Å². The van der Waals surface area contributed by atoms with Crippen molar-refractivity contribution < 1.29 is 14.9 Å². The second-order valence-corrected chi connectivity index (χ2v) is 8.24. The van der Waals surface area contributed by atoms with Crippen LogP contribution in [0.2, 0.25) is 0 Å². The van der Waals surface area contributed by atoms with Crippen LogP contribution in [0, 0.1) is 6.92 Å². The summed E-state index contributed by atoms with van der Waals surface area (Å²) in [6.45, 7) is 8.18. The zero-order chi connectivity index (χ0) is 17.9. The largest absolute Gasteiger partial charge is 0.504 e. The molecule has 0 saturated carbocycles. The fraction of sp³-hybridized carbons (Fsp3) is 0.400. The predicted octanol–water partition coefficient (Wildman–Crippen LogP) is 4.39. The van der Waals surface area contributed by atoms with Gasteiger partial charge in [0.2, 0.25) is 0 Å². The molecule has 3 unspecified atom stereocenters. The standard InChI is InChI=1S/C20H27O3P/c1-6-20(4,16-11-8-12-17(23-5)18(16)22)24-19-13(2)9-7-10-15(19)14(3)21/h7-12,14,21-22,24H,6H2,1-5H3. The molecule has 0 aliphatic heterocycles. The highest BCUT2D eigenvalue weighted by Crippen LogP contribution is 2.50. The lowest BCUT2D eigenvalue weighted by Crippen LogP contribution is -2.22. The van der Waals surface area contributed by atoms with Gasteiger partial charge in [0.25, 0.3) is 0 Å². The number of hydrogen-bond acceptors (Lipinski definition) is 3. The van der Waals surface area contributed by atoms with Gasteiger partial charge in [-0.15, -0.1) is 0 Å². The Kier molecular flexibility index (Phi) is 5.90. The number of aliphatic hydroxyl groups excluding tert-OH is 1. The van der Waals surface area contributed by atoms with E-state index in [2.05, 4.69) is 26.8 Å². The zero-order valence-corrected chi connectivity index (χ0v) is 16.1. The Labute approximate surface area is 146 Å². The lowest BCUT2D eigenvalue weighted by Gasteiger charge is -2.32. The fourth-order valence-electron chi connectivity index (χ4n) is 2.96. The number of methoxy groups -OCH3 is 1. The van der Waals surface area contributed by atoms with Crippen molar-refractivity contribution in [3.63, 3.8) is 0 Å². The van der Waals surface area contributed by atoms with Crippen molar-refractivity contribution in [1.82, 2.24) is 0 Å². The number of rotatable bonds is 6. The van der Waals surface area contributed by atoms with Gasteiger partial charge in [0.05, 0.1) is 13.2 Å². The third-order valence-corrected chi connectivity index (χ3v) is 6.78. The van der Waals surface area contributed by atoms with Gasteiger partial charge in [0, 0.05) is 10.7 Å². The smallest absolute Gasteiger partial charge is 0.161 e. The highest BCUT2D eigenvalue weighted by molar-refractivity contribution is 7.48. The van der Waals surface area contributed by atoms with Gasteiger partial charge in [0.1, 0.15) is 0 Å². The maximum absolute atomic E-state index is 10.6. The average molecular weight is 346 g/mol. The molecule has 0 aliphatic rings. The van der Waals surface area contributed by atoms with Gasteiger partial charge < -0.3 is 14.9 Å². The van der Waals surface area contributed by atoms with Crippen LogP contribution >= 0.6 is 8.58 Å². The fourth-order valence-corrected chi connectivity index (χ4v) is 4.75. The van der Waals surface area contributed by atoms with E-state index in [0.29, 0.717) is 14.3 Å². The van der Waals surface area contributed by atoms with Gasteiger partial charge in [-0.05, 0) is 42.8 Å². The molecule has 0 saturated heterocycles. The van der Waals surface area contributed by atoms with Crippen LogP contribution in [0.15, 0.2) is 36.4 Å². The summed E-state index contributed by atoms with van der Waals surface area (Å²) < 4.78 is 5.27. The molecule has 0 aromatic heterocycles. The molecule has 2 rings (SSSR count). The topological polar surface area (TPSA) is 49.7 Å². The lowest BCUT2D eigenvalue weighted by atomic mass is 9.96. The minimum Gasteiger partial charge on any atom is -0.504 e. The molecule has 2 aromatic rings. The van der Waals surface area contributed by atoms with Gasteiger partial charge in [-0.3, -0.25) is 0 Å². The third-order valence-electron chi connectivity index (χ3n) is 4.68. The second-order valence-electron chi connectivity index (χ2n) is 6.38. The molecule has 3 atom stereocenters. The number of ether oxygens (including phenoxy) is 1. The molecule has 0 amide bonds. The molecule has 24 heavy (non-hydrogen) atoms. The molecule has 2 N–H and O–H groups in total. The van der Waals surface area contributed by atoms with Gasteiger partial charge in [-0.2, -0.15) is 0 Å². The average Bonchev–Trinajstić information content (AvgIpc) is 2.56. The van der Waals surface area contributed by atoms with Crippen molar-refractivity contribution in [2.24, 2.45) is 0 Å². The number of benzene rings is 2. The number of para-hydroxylation sites is 1. The van der Waals surface area contributed by atoms with Crippen molar-refractivity contribution >= 4 is 13.9 Å². The molecule has 0 aliphatic carbocycles. The molecule has 130 valence electrons. The first kappa shape index (κ1) is 18.8. The van der Waals surface area contributed by atoms with E-state index in [4.69, 9.17) is 4.74 Å². The number of hydrogen-bond donors (Lipinski definition) is 2. The molecular formula is C20H27O3P. The summed E-state index contributed by atoms with van der Waals surface area (Å²) in [7, 11) is 2.00. The minimum absolute atomic E-state index is 0.212. The second kappa shape index (κ2) is 7.55.